The van der Waals surface area contributed by atoms with Crippen LogP contribution in [0.5, 0.6) is 0 Å². The molecule has 1 heterocycles. The zero-order chi connectivity index (χ0) is 11.3. The number of thioether (sulfide) groups is 1. The number of hydrogen-bond donors (Lipinski definition) is 0. The average molecular weight is 247 g/mol. The molecule has 1 atom stereocenters. The lowest BCUT2D eigenvalue weighted by atomic mass is 10.4. The Hall–Kier alpha value is -0.150. The Bertz CT molecular complexity index is 299. The third-order valence-corrected chi connectivity index (χ3v) is 3.80. The predicted molar refractivity (Wildman–Crippen MR) is 68.7 cm³/mol. The first-order chi connectivity index (χ1) is 7.17. The number of rotatable bonds is 6. The highest BCUT2D eigenvalue weighted by Crippen LogP contribution is 2.20. The second-order valence-corrected chi connectivity index (χ2v) is 5.50. The van der Waals surface area contributed by atoms with Crippen LogP contribution in [0.1, 0.15) is 31.7 Å². The number of aryl methyl sites for hydroxylation is 2. The molecule has 0 N–H and O–H groups in total. The summed E-state index contributed by atoms with van der Waals surface area (Å²) in [5.74, 6) is 1.78. The first-order valence-corrected chi connectivity index (χ1v) is 6.96. The van der Waals surface area contributed by atoms with Crippen LogP contribution in [-0.4, -0.2) is 20.9 Å². The van der Waals surface area contributed by atoms with E-state index in [0.717, 1.165) is 30.3 Å². The van der Waals surface area contributed by atoms with Crippen LogP contribution in [0.2, 0.25) is 0 Å². The lowest BCUT2D eigenvalue weighted by molar-refractivity contribution is 0.631. The van der Waals surface area contributed by atoms with Crippen molar-refractivity contribution < 1.29 is 0 Å². The molecule has 0 amide bonds. The van der Waals surface area contributed by atoms with Crippen LogP contribution in [0.25, 0.3) is 0 Å². The van der Waals surface area contributed by atoms with E-state index >= 15 is 0 Å². The summed E-state index contributed by atoms with van der Waals surface area (Å²) in [7, 11) is 0. The molecule has 2 nitrogen and oxygen atoms in total. The van der Waals surface area contributed by atoms with Gasteiger partial charge in [0.05, 0.1) is 5.69 Å². The molecule has 0 aliphatic carbocycles. The number of nitrogens with zero attached hydrogens (tertiary/aromatic N) is 2. The summed E-state index contributed by atoms with van der Waals surface area (Å²) < 4.78 is 2.08. The Labute approximate surface area is 101 Å². The van der Waals surface area contributed by atoms with Crippen LogP contribution >= 0.6 is 23.4 Å². The molecular weight excluding hydrogens is 228 g/mol. The molecule has 0 saturated heterocycles. The highest BCUT2D eigenvalue weighted by molar-refractivity contribution is 7.99. The van der Waals surface area contributed by atoms with Gasteiger partial charge in [-0.1, -0.05) is 6.92 Å². The molecule has 0 fully saturated rings. The van der Waals surface area contributed by atoms with E-state index in [-0.39, 0.29) is 0 Å². The summed E-state index contributed by atoms with van der Waals surface area (Å²) in [5, 5.41) is 5.06. The molecule has 0 aliphatic rings. The van der Waals surface area contributed by atoms with Crippen LogP contribution in [0.3, 0.4) is 0 Å². The van der Waals surface area contributed by atoms with Crippen LogP contribution in [-0.2, 0) is 12.3 Å². The molecule has 1 aromatic rings. The van der Waals surface area contributed by atoms with Crippen molar-refractivity contribution in [2.24, 2.45) is 0 Å². The summed E-state index contributed by atoms with van der Waals surface area (Å²) in [5.41, 5.74) is 2.43. The zero-order valence-electron chi connectivity index (χ0n) is 9.66. The van der Waals surface area contributed by atoms with Crippen molar-refractivity contribution >= 4 is 23.4 Å². The van der Waals surface area contributed by atoms with Crippen molar-refractivity contribution in [2.75, 3.05) is 5.88 Å². The van der Waals surface area contributed by atoms with E-state index in [2.05, 4.69) is 29.7 Å². The summed E-state index contributed by atoms with van der Waals surface area (Å²) in [6.07, 6.45) is 1.07. The second-order valence-electron chi connectivity index (χ2n) is 3.69. The lowest BCUT2D eigenvalue weighted by Gasteiger charge is -2.09. The number of aromatic nitrogens is 2. The monoisotopic (exact) mass is 246 g/mol. The zero-order valence-corrected chi connectivity index (χ0v) is 11.2. The minimum Gasteiger partial charge on any atom is -0.269 e. The Morgan fingerprint density at radius 2 is 2.33 bits per heavy atom. The third-order valence-electron chi connectivity index (χ3n) is 2.32. The van der Waals surface area contributed by atoms with Crippen molar-refractivity contribution in [2.45, 2.75) is 44.7 Å². The Kier molecular flexibility index (Phi) is 5.54. The van der Waals surface area contributed by atoms with Crippen molar-refractivity contribution in [3.8, 4) is 0 Å². The van der Waals surface area contributed by atoms with Gasteiger partial charge in [-0.25, -0.2) is 0 Å². The molecule has 15 heavy (non-hydrogen) atoms. The highest BCUT2D eigenvalue weighted by atomic mass is 35.5. The quantitative estimate of drug-likeness (QED) is 0.716. The van der Waals surface area contributed by atoms with Gasteiger partial charge in [0.15, 0.2) is 0 Å². The number of hydrogen-bond acceptors (Lipinski definition) is 2. The maximum Gasteiger partial charge on any atom is 0.0596 e. The van der Waals surface area contributed by atoms with Gasteiger partial charge in [-0.15, -0.1) is 11.6 Å². The third kappa shape index (κ3) is 4.07. The lowest BCUT2D eigenvalue weighted by Crippen LogP contribution is -2.04. The Balaban J connectivity index is 2.49. The fraction of sp³-hybridized carbons (Fsp3) is 0.727. The first kappa shape index (κ1) is 12.9. The fourth-order valence-corrected chi connectivity index (χ4v) is 2.88. The molecule has 0 radical (unpaired) electrons. The van der Waals surface area contributed by atoms with Crippen LogP contribution in [0.15, 0.2) is 6.07 Å². The van der Waals surface area contributed by atoms with Crippen molar-refractivity contribution in [3.63, 3.8) is 0 Å². The number of halogens is 1. The van der Waals surface area contributed by atoms with Crippen molar-refractivity contribution in [1.29, 1.82) is 0 Å². The molecule has 0 saturated carbocycles. The molecule has 0 aromatic carbocycles. The molecular formula is C11H19ClN2S. The molecule has 1 aromatic heterocycles. The highest BCUT2D eigenvalue weighted by Gasteiger charge is 2.07. The van der Waals surface area contributed by atoms with Gasteiger partial charge in [0.25, 0.3) is 0 Å². The predicted octanol–water partition coefficient (Wildman–Crippen LogP) is 3.46. The van der Waals surface area contributed by atoms with Gasteiger partial charge in [0.2, 0.25) is 0 Å². The van der Waals surface area contributed by atoms with Crippen LogP contribution in [0.4, 0.5) is 0 Å². The minimum atomic E-state index is 0.628. The van der Waals surface area contributed by atoms with Gasteiger partial charge in [0.1, 0.15) is 0 Å². The summed E-state index contributed by atoms with van der Waals surface area (Å²) in [4.78, 5) is 0. The van der Waals surface area contributed by atoms with Crippen molar-refractivity contribution in [1.82, 2.24) is 9.78 Å². The van der Waals surface area contributed by atoms with E-state index in [1.165, 1.54) is 5.69 Å². The van der Waals surface area contributed by atoms with E-state index in [0.29, 0.717) is 5.25 Å². The van der Waals surface area contributed by atoms with Gasteiger partial charge in [0, 0.05) is 29.1 Å². The Morgan fingerprint density at radius 3 is 2.93 bits per heavy atom. The van der Waals surface area contributed by atoms with Gasteiger partial charge in [-0.3, -0.25) is 4.68 Å². The standard InChI is InChI=1S/C11H19ClN2S/c1-4-14-11(7-9(2)13-14)8-15-10(3)5-6-12/h7,10H,4-6,8H2,1-3H3. The maximum absolute atomic E-state index is 5.71. The fourth-order valence-electron chi connectivity index (χ4n) is 1.45. The van der Waals surface area contributed by atoms with Gasteiger partial charge < -0.3 is 0 Å². The molecule has 0 bridgehead atoms. The van der Waals surface area contributed by atoms with E-state index in [4.69, 9.17) is 11.6 Å². The molecule has 1 rings (SSSR count). The SMILES string of the molecule is CCn1nc(C)cc1CSC(C)CCCl. The molecule has 0 spiro atoms. The molecule has 4 heteroatoms. The van der Waals surface area contributed by atoms with E-state index in [1.54, 1.807) is 0 Å². The molecule has 86 valence electrons. The van der Waals surface area contributed by atoms with E-state index < -0.39 is 0 Å². The summed E-state index contributed by atoms with van der Waals surface area (Å²) in [6, 6.07) is 2.17. The van der Waals surface area contributed by atoms with Crippen molar-refractivity contribution in [3.05, 3.63) is 17.5 Å². The van der Waals surface area contributed by atoms with E-state index in [1.807, 2.05) is 18.7 Å². The normalized spacial score (nSPS) is 13.1. The van der Waals surface area contributed by atoms with Gasteiger partial charge in [-0.05, 0) is 26.3 Å². The summed E-state index contributed by atoms with van der Waals surface area (Å²) in [6.45, 7) is 7.35. The largest absolute Gasteiger partial charge is 0.269 e. The maximum atomic E-state index is 5.71. The second kappa shape index (κ2) is 6.44. The molecule has 0 aliphatic heterocycles. The van der Waals surface area contributed by atoms with Crippen LogP contribution in [0, 0.1) is 6.92 Å². The molecule has 1 unspecified atom stereocenters. The Morgan fingerprint density at radius 1 is 1.60 bits per heavy atom. The smallest absolute Gasteiger partial charge is 0.0596 e. The van der Waals surface area contributed by atoms with Gasteiger partial charge >= 0.3 is 0 Å². The average Bonchev–Trinajstić information content (AvgIpc) is 2.56. The van der Waals surface area contributed by atoms with E-state index in [9.17, 15) is 0 Å². The van der Waals surface area contributed by atoms with Gasteiger partial charge in [-0.2, -0.15) is 16.9 Å². The minimum absolute atomic E-state index is 0.628. The number of alkyl halides is 1. The summed E-state index contributed by atoms with van der Waals surface area (Å²) >= 11 is 7.66. The first-order valence-electron chi connectivity index (χ1n) is 5.38. The van der Waals surface area contributed by atoms with Crippen LogP contribution < -0.4 is 0 Å². The topological polar surface area (TPSA) is 17.8 Å².